The van der Waals surface area contributed by atoms with Crippen molar-refractivity contribution in [2.45, 2.75) is 31.6 Å². The zero-order valence-electron chi connectivity index (χ0n) is 17.0. The zero-order valence-corrected chi connectivity index (χ0v) is 17.9. The molecular formula is C23H23N7S. The van der Waals surface area contributed by atoms with Crippen molar-refractivity contribution in [1.29, 1.82) is 0 Å². The van der Waals surface area contributed by atoms with Gasteiger partial charge in [-0.3, -0.25) is 5.10 Å². The lowest BCUT2D eigenvalue weighted by Crippen LogP contribution is -2.02. The fourth-order valence-corrected chi connectivity index (χ4v) is 3.90. The molecule has 1 atom stereocenters. The third-order valence-electron chi connectivity index (χ3n) is 5.18. The summed E-state index contributed by atoms with van der Waals surface area (Å²) in [6.07, 6.45) is 8.61. The molecule has 2 N–H and O–H groups in total. The Morgan fingerprint density at radius 3 is 2.52 bits per heavy atom. The third-order valence-corrected chi connectivity index (χ3v) is 5.44. The first kappa shape index (κ1) is 20.8. The minimum atomic E-state index is 0.238. The average Bonchev–Trinajstić information content (AvgIpc) is 3.50. The van der Waals surface area contributed by atoms with Crippen LogP contribution in [0.15, 0.2) is 48.5 Å². The average molecular weight is 430 g/mol. The summed E-state index contributed by atoms with van der Waals surface area (Å²) in [6, 6.07) is 16.4. The minimum Gasteiger partial charge on any atom is -0.263 e. The summed E-state index contributed by atoms with van der Waals surface area (Å²) >= 11 is 4.36. The van der Waals surface area contributed by atoms with Crippen molar-refractivity contribution in [1.82, 2.24) is 35.8 Å². The fraction of sp³-hybridized carbons (Fsp3) is 0.261. The first-order valence-electron chi connectivity index (χ1n) is 10.2. The maximum absolute atomic E-state index is 5.42. The summed E-state index contributed by atoms with van der Waals surface area (Å²) in [5, 5.41) is 21.9. The normalized spacial score (nSPS) is 11.9. The van der Waals surface area contributed by atoms with Crippen molar-refractivity contribution < 1.29 is 0 Å². The van der Waals surface area contributed by atoms with Gasteiger partial charge in [-0.05, 0) is 40.5 Å². The van der Waals surface area contributed by atoms with Crippen LogP contribution in [0.3, 0.4) is 0 Å². The number of benzene rings is 2. The Balaban J connectivity index is 1.49. The van der Waals surface area contributed by atoms with Gasteiger partial charge >= 0.3 is 0 Å². The first-order chi connectivity index (χ1) is 15.3. The largest absolute Gasteiger partial charge is 0.263 e. The Morgan fingerprint density at radius 1 is 1.00 bits per heavy atom. The van der Waals surface area contributed by atoms with Crippen LogP contribution in [0.25, 0.3) is 22.5 Å². The SMILES string of the molecule is C#CCCC(CCS)c1n[nH]c(Cc2ccc(-c3ccccc3-c3nn[nH]n3)cc2)n1. The minimum absolute atomic E-state index is 0.238. The first-order valence-corrected chi connectivity index (χ1v) is 10.8. The Morgan fingerprint density at radius 2 is 1.81 bits per heavy atom. The molecule has 0 aliphatic carbocycles. The van der Waals surface area contributed by atoms with Crippen molar-refractivity contribution in [2.75, 3.05) is 5.75 Å². The topological polar surface area (TPSA) is 96.0 Å². The molecule has 0 radical (unpaired) electrons. The van der Waals surface area contributed by atoms with E-state index in [1.54, 1.807) is 0 Å². The molecule has 0 fully saturated rings. The molecule has 2 aromatic heterocycles. The highest BCUT2D eigenvalue weighted by atomic mass is 32.1. The molecular weight excluding hydrogens is 406 g/mol. The second-order valence-electron chi connectivity index (χ2n) is 7.25. The lowest BCUT2D eigenvalue weighted by molar-refractivity contribution is 0.589. The van der Waals surface area contributed by atoms with E-state index in [1.807, 2.05) is 18.2 Å². The van der Waals surface area contributed by atoms with E-state index in [1.165, 1.54) is 0 Å². The van der Waals surface area contributed by atoms with Gasteiger partial charge < -0.3 is 0 Å². The van der Waals surface area contributed by atoms with Crippen molar-refractivity contribution in [3.8, 4) is 34.9 Å². The molecule has 2 heterocycles. The van der Waals surface area contributed by atoms with Crippen LogP contribution in [0.5, 0.6) is 0 Å². The van der Waals surface area contributed by atoms with Crippen LogP contribution in [-0.2, 0) is 6.42 Å². The van der Waals surface area contributed by atoms with E-state index in [9.17, 15) is 0 Å². The number of aromatic nitrogens is 7. The highest BCUT2D eigenvalue weighted by Crippen LogP contribution is 2.30. The second-order valence-corrected chi connectivity index (χ2v) is 7.69. The molecule has 0 amide bonds. The molecule has 0 spiro atoms. The standard InChI is InChI=1S/C23H23N7S/c1-2-3-6-18(13-14-31)22-24-21(25-26-22)15-16-9-11-17(12-10-16)19-7-4-5-8-20(19)23-27-29-30-28-23/h1,4-5,7-12,18,31H,3,6,13-15H2,(H,24,25,26)(H,27,28,29,30). The number of rotatable bonds is 9. The van der Waals surface area contributed by atoms with Gasteiger partial charge in [-0.25, -0.2) is 4.98 Å². The van der Waals surface area contributed by atoms with E-state index in [4.69, 9.17) is 11.4 Å². The molecule has 0 aliphatic rings. The molecule has 8 heteroatoms. The molecule has 7 nitrogen and oxygen atoms in total. The van der Waals surface area contributed by atoms with E-state index >= 15 is 0 Å². The number of H-pyrrole nitrogens is 2. The monoisotopic (exact) mass is 429 g/mol. The van der Waals surface area contributed by atoms with Gasteiger partial charge in [-0.15, -0.1) is 22.5 Å². The molecule has 2 aromatic carbocycles. The Kier molecular flexibility index (Phi) is 6.75. The van der Waals surface area contributed by atoms with Crippen LogP contribution >= 0.6 is 12.6 Å². The second kappa shape index (κ2) is 10.0. The number of tetrazole rings is 1. The Hall–Kier alpha value is -3.44. The predicted octanol–water partition coefficient (Wildman–Crippen LogP) is 4.06. The van der Waals surface area contributed by atoms with Gasteiger partial charge in [-0.1, -0.05) is 48.5 Å². The van der Waals surface area contributed by atoms with Gasteiger partial charge in [0.2, 0.25) is 5.82 Å². The molecule has 1 unspecified atom stereocenters. The van der Waals surface area contributed by atoms with Gasteiger partial charge in [0.25, 0.3) is 0 Å². The van der Waals surface area contributed by atoms with E-state index in [0.717, 1.165) is 58.9 Å². The van der Waals surface area contributed by atoms with Crippen molar-refractivity contribution in [2.24, 2.45) is 0 Å². The van der Waals surface area contributed by atoms with Gasteiger partial charge in [0.15, 0.2) is 5.82 Å². The van der Waals surface area contributed by atoms with E-state index in [2.05, 4.69) is 79.7 Å². The molecule has 156 valence electrons. The van der Waals surface area contributed by atoms with Crippen LogP contribution in [0.4, 0.5) is 0 Å². The smallest absolute Gasteiger partial charge is 0.205 e. The molecule has 4 aromatic rings. The van der Waals surface area contributed by atoms with Gasteiger partial charge in [0.1, 0.15) is 5.82 Å². The maximum Gasteiger partial charge on any atom is 0.205 e. The van der Waals surface area contributed by atoms with Crippen molar-refractivity contribution in [3.05, 3.63) is 65.7 Å². The summed E-state index contributed by atoms with van der Waals surface area (Å²) in [7, 11) is 0. The van der Waals surface area contributed by atoms with Crippen LogP contribution in [0, 0.1) is 12.3 Å². The van der Waals surface area contributed by atoms with Gasteiger partial charge in [0.05, 0.1) is 0 Å². The number of nitrogens with one attached hydrogen (secondary N) is 2. The van der Waals surface area contributed by atoms with E-state index in [-0.39, 0.29) is 5.92 Å². The summed E-state index contributed by atoms with van der Waals surface area (Å²) in [6.45, 7) is 0. The Labute approximate surface area is 186 Å². The molecule has 31 heavy (non-hydrogen) atoms. The highest BCUT2D eigenvalue weighted by Gasteiger charge is 2.16. The summed E-state index contributed by atoms with van der Waals surface area (Å²) in [5.74, 6) is 5.97. The summed E-state index contributed by atoms with van der Waals surface area (Å²) in [5.41, 5.74) is 4.23. The molecule has 0 bridgehead atoms. The third kappa shape index (κ3) is 5.01. The van der Waals surface area contributed by atoms with Gasteiger partial charge in [0, 0.05) is 24.3 Å². The van der Waals surface area contributed by atoms with E-state index in [0.29, 0.717) is 12.2 Å². The van der Waals surface area contributed by atoms with E-state index < -0.39 is 0 Å². The maximum atomic E-state index is 5.42. The number of thiol groups is 1. The van der Waals surface area contributed by atoms with Crippen molar-refractivity contribution in [3.63, 3.8) is 0 Å². The van der Waals surface area contributed by atoms with Crippen LogP contribution in [0.1, 0.15) is 42.4 Å². The quantitative estimate of drug-likeness (QED) is 0.275. The lowest BCUT2D eigenvalue weighted by Gasteiger charge is -2.09. The number of terminal acetylenes is 1. The number of nitrogens with zero attached hydrogens (tertiary/aromatic N) is 5. The summed E-state index contributed by atoms with van der Waals surface area (Å²) < 4.78 is 0. The number of hydrogen-bond donors (Lipinski definition) is 3. The fourth-order valence-electron chi connectivity index (χ4n) is 3.59. The van der Waals surface area contributed by atoms with Crippen LogP contribution < -0.4 is 0 Å². The molecule has 0 saturated heterocycles. The molecule has 4 rings (SSSR count). The number of aromatic amines is 2. The lowest BCUT2D eigenvalue weighted by atomic mass is 9.97. The molecule has 0 aliphatic heterocycles. The van der Waals surface area contributed by atoms with Gasteiger partial charge in [-0.2, -0.15) is 22.9 Å². The zero-order chi connectivity index (χ0) is 21.5. The predicted molar refractivity (Wildman–Crippen MR) is 124 cm³/mol. The van der Waals surface area contributed by atoms with Crippen LogP contribution in [0.2, 0.25) is 0 Å². The summed E-state index contributed by atoms with van der Waals surface area (Å²) in [4.78, 5) is 4.71. The number of hydrogen-bond acceptors (Lipinski definition) is 6. The highest BCUT2D eigenvalue weighted by molar-refractivity contribution is 7.80. The molecule has 0 saturated carbocycles. The van der Waals surface area contributed by atoms with Crippen molar-refractivity contribution >= 4 is 12.6 Å². The Bertz CT molecular complexity index is 1140. The van der Waals surface area contributed by atoms with Crippen LogP contribution in [-0.4, -0.2) is 41.6 Å².